The largest absolute Gasteiger partial charge is 0.504 e. The average molecular weight is 565 g/mol. The number of rotatable bonds is 5. The molecule has 204 valence electrons. The molecule has 1 aromatic heterocycles. The van der Waals surface area contributed by atoms with Crippen molar-refractivity contribution in [1.82, 2.24) is 9.80 Å². The van der Waals surface area contributed by atoms with Gasteiger partial charge in [0.2, 0.25) is 5.91 Å². The molecule has 2 N–H and O–H groups in total. The second kappa shape index (κ2) is 8.35. The number of nitrogens with zero attached hydrogens (tertiary/aromatic N) is 2. The van der Waals surface area contributed by atoms with E-state index in [1.54, 1.807) is 17.4 Å². The van der Waals surface area contributed by atoms with Gasteiger partial charge in [0, 0.05) is 34.9 Å². The lowest BCUT2D eigenvalue weighted by Crippen LogP contribution is -2.78. The van der Waals surface area contributed by atoms with E-state index in [-0.39, 0.29) is 23.7 Å². The van der Waals surface area contributed by atoms with Gasteiger partial charge in [0.1, 0.15) is 6.10 Å². The quantitative estimate of drug-likeness (QED) is 0.461. The zero-order valence-electron chi connectivity index (χ0n) is 22.0. The molecule has 8 heteroatoms. The number of benzene rings is 2. The fourth-order valence-electron chi connectivity index (χ4n) is 8.52. The minimum absolute atomic E-state index is 0.0315. The number of likely N-dealkylation sites (N-methyl/N-ethyl adjacent to an activating group) is 1. The van der Waals surface area contributed by atoms with E-state index in [0.717, 1.165) is 53.1 Å². The van der Waals surface area contributed by atoms with E-state index in [4.69, 9.17) is 16.3 Å². The highest BCUT2D eigenvalue weighted by atomic mass is 35.5. The molecule has 1 amide bonds. The molecule has 1 spiro atoms. The van der Waals surface area contributed by atoms with Crippen LogP contribution in [0, 0.1) is 5.92 Å². The molecule has 2 unspecified atom stereocenters. The fraction of sp³-hybridized carbons (Fsp3) is 0.516. The highest BCUT2D eigenvalue weighted by Crippen LogP contribution is 2.66. The van der Waals surface area contributed by atoms with Crippen LogP contribution in [0.15, 0.2) is 35.7 Å². The highest BCUT2D eigenvalue weighted by Gasteiger charge is 2.73. The van der Waals surface area contributed by atoms with Gasteiger partial charge in [0.25, 0.3) is 0 Å². The van der Waals surface area contributed by atoms with Crippen LogP contribution in [-0.2, 0) is 23.1 Å². The number of aromatic hydroxyl groups is 1. The summed E-state index contributed by atoms with van der Waals surface area (Å²) in [7, 11) is 1.88. The first-order chi connectivity index (χ1) is 18.8. The molecule has 2 bridgehead atoms. The molecule has 3 heterocycles. The van der Waals surface area contributed by atoms with Crippen molar-refractivity contribution in [3.8, 4) is 11.5 Å². The molecule has 6 nitrogen and oxygen atoms in total. The third-order valence-electron chi connectivity index (χ3n) is 10.6. The summed E-state index contributed by atoms with van der Waals surface area (Å²) in [4.78, 5) is 18.2. The number of aliphatic hydroxyl groups is 1. The smallest absolute Gasteiger partial charge is 0.227 e. The standard InChI is InChI=1S/C31H33ClN2O4S/c1-33(26(36)13-19-16-39-24-7-5-20(32)14-21(19)24)22-8-9-31(37)25-12-18-4-6-23(35)28-27(18)30(31,29(22)38-28)10-11-34(25)15-17-2-3-17/h4-7,14,16-17,22,25,29,35,37H,2-3,8-13,15H2,1H3/t22-,25-,29+,30?,31?/m1/s1. The maximum absolute atomic E-state index is 13.8. The molecule has 3 aliphatic carbocycles. The van der Waals surface area contributed by atoms with Crippen molar-refractivity contribution >= 4 is 38.9 Å². The third kappa shape index (κ3) is 3.30. The van der Waals surface area contributed by atoms with Gasteiger partial charge in [-0.05, 0) is 97.1 Å². The summed E-state index contributed by atoms with van der Waals surface area (Å²) in [5.41, 5.74) is 1.59. The van der Waals surface area contributed by atoms with Crippen LogP contribution in [0.3, 0.4) is 0 Å². The normalized spacial score (nSPS) is 32.6. The number of amides is 1. The molecule has 5 atom stereocenters. The number of phenolic OH excluding ortho intramolecular Hbond substituents is 1. The topological polar surface area (TPSA) is 73.2 Å². The summed E-state index contributed by atoms with van der Waals surface area (Å²) in [6, 6.07) is 9.43. The molecule has 8 rings (SSSR count). The lowest BCUT2D eigenvalue weighted by atomic mass is 9.48. The Kier molecular flexibility index (Phi) is 5.24. The average Bonchev–Trinajstić information content (AvgIpc) is 3.54. The van der Waals surface area contributed by atoms with Crippen molar-refractivity contribution in [2.45, 2.75) is 74.1 Å². The van der Waals surface area contributed by atoms with Crippen LogP contribution in [0.25, 0.3) is 10.1 Å². The van der Waals surface area contributed by atoms with Crippen LogP contribution in [0.5, 0.6) is 11.5 Å². The molecule has 39 heavy (non-hydrogen) atoms. The van der Waals surface area contributed by atoms with Crippen LogP contribution in [0.1, 0.15) is 48.8 Å². The Labute approximate surface area is 237 Å². The van der Waals surface area contributed by atoms with E-state index >= 15 is 0 Å². The molecule has 2 saturated carbocycles. The van der Waals surface area contributed by atoms with Crippen LogP contribution >= 0.6 is 22.9 Å². The summed E-state index contributed by atoms with van der Waals surface area (Å²) in [6.07, 6.45) is 5.29. The van der Waals surface area contributed by atoms with E-state index in [9.17, 15) is 15.0 Å². The van der Waals surface area contributed by atoms with Crippen molar-refractivity contribution in [1.29, 1.82) is 0 Å². The lowest BCUT2D eigenvalue weighted by Gasteiger charge is -2.64. The van der Waals surface area contributed by atoms with Gasteiger partial charge in [-0.3, -0.25) is 9.69 Å². The Bertz CT molecular complexity index is 1520. The number of carbonyl (C=O) groups excluding carboxylic acids is 1. The van der Waals surface area contributed by atoms with Gasteiger partial charge in [0.05, 0.1) is 23.5 Å². The first-order valence-electron chi connectivity index (χ1n) is 14.2. The maximum Gasteiger partial charge on any atom is 0.227 e. The third-order valence-corrected chi connectivity index (χ3v) is 11.8. The van der Waals surface area contributed by atoms with Gasteiger partial charge in [-0.25, -0.2) is 0 Å². The van der Waals surface area contributed by atoms with Gasteiger partial charge in [-0.2, -0.15) is 0 Å². The lowest BCUT2D eigenvalue weighted by molar-refractivity contribution is -0.200. The number of carbonyl (C=O) groups is 1. The van der Waals surface area contributed by atoms with E-state index in [1.165, 1.54) is 18.4 Å². The van der Waals surface area contributed by atoms with E-state index in [2.05, 4.69) is 10.3 Å². The Morgan fingerprint density at radius 1 is 1.23 bits per heavy atom. The Hall–Kier alpha value is -2.32. The molecular weight excluding hydrogens is 532 g/mol. The van der Waals surface area contributed by atoms with Crippen LogP contribution in [0.4, 0.5) is 0 Å². The van der Waals surface area contributed by atoms with E-state index in [1.807, 2.05) is 36.2 Å². The predicted octanol–water partition coefficient (Wildman–Crippen LogP) is 4.89. The molecule has 2 aromatic carbocycles. The van der Waals surface area contributed by atoms with E-state index < -0.39 is 17.1 Å². The fourth-order valence-corrected chi connectivity index (χ4v) is 9.63. The Morgan fingerprint density at radius 3 is 2.90 bits per heavy atom. The van der Waals surface area contributed by atoms with Crippen molar-refractivity contribution in [2.75, 3.05) is 20.1 Å². The molecule has 0 radical (unpaired) electrons. The number of hydrogen-bond acceptors (Lipinski definition) is 6. The summed E-state index contributed by atoms with van der Waals surface area (Å²) >= 11 is 7.90. The van der Waals surface area contributed by atoms with Crippen molar-refractivity contribution in [2.24, 2.45) is 5.92 Å². The van der Waals surface area contributed by atoms with Crippen molar-refractivity contribution in [3.05, 3.63) is 57.4 Å². The zero-order valence-corrected chi connectivity index (χ0v) is 23.6. The van der Waals surface area contributed by atoms with Gasteiger partial charge < -0.3 is 19.8 Å². The Morgan fingerprint density at radius 2 is 2.08 bits per heavy atom. The predicted molar refractivity (Wildman–Crippen MR) is 152 cm³/mol. The second-order valence-corrected chi connectivity index (χ2v) is 13.8. The molecule has 3 fully saturated rings. The zero-order chi connectivity index (χ0) is 26.7. The SMILES string of the molecule is CN(C(=O)Cc1csc2ccc(Cl)cc12)[C@@H]1CCC2(O)[C@H]3Cc4ccc(O)c5c4C2(CCN3CC2CC2)[C@H]1O5. The first kappa shape index (κ1) is 24.5. The second-order valence-electron chi connectivity index (χ2n) is 12.5. The summed E-state index contributed by atoms with van der Waals surface area (Å²) < 4.78 is 7.79. The number of hydrogen-bond donors (Lipinski definition) is 2. The molecule has 3 aromatic rings. The molecule has 2 aliphatic heterocycles. The van der Waals surface area contributed by atoms with Crippen LogP contribution < -0.4 is 4.74 Å². The van der Waals surface area contributed by atoms with Gasteiger partial charge >= 0.3 is 0 Å². The molecule has 1 saturated heterocycles. The number of likely N-dealkylation sites (tertiary alicyclic amines) is 1. The van der Waals surface area contributed by atoms with Crippen LogP contribution in [-0.4, -0.2) is 69.8 Å². The van der Waals surface area contributed by atoms with Gasteiger partial charge in [0.15, 0.2) is 11.5 Å². The van der Waals surface area contributed by atoms with Gasteiger partial charge in [-0.1, -0.05) is 17.7 Å². The van der Waals surface area contributed by atoms with Crippen LogP contribution in [0.2, 0.25) is 5.02 Å². The highest BCUT2D eigenvalue weighted by molar-refractivity contribution is 7.17. The Balaban J connectivity index is 1.16. The number of thiophene rings is 1. The minimum atomic E-state index is -0.947. The van der Waals surface area contributed by atoms with E-state index in [0.29, 0.717) is 30.0 Å². The summed E-state index contributed by atoms with van der Waals surface area (Å²) in [6.45, 7) is 1.96. The molecule has 5 aliphatic rings. The number of halogens is 1. The number of ether oxygens (including phenoxy) is 1. The number of piperidine rings is 1. The van der Waals surface area contributed by atoms with Crippen molar-refractivity contribution in [3.63, 3.8) is 0 Å². The summed E-state index contributed by atoms with van der Waals surface area (Å²) in [5.74, 6) is 1.44. The monoisotopic (exact) mass is 564 g/mol. The maximum atomic E-state index is 13.8. The summed E-state index contributed by atoms with van der Waals surface area (Å²) in [5, 5.41) is 27.3. The number of phenols is 1. The number of fused-ring (bicyclic) bond motifs is 1. The van der Waals surface area contributed by atoms with Crippen molar-refractivity contribution < 1.29 is 19.7 Å². The van der Waals surface area contributed by atoms with Gasteiger partial charge in [-0.15, -0.1) is 11.3 Å². The molecular formula is C31H33ClN2O4S. The minimum Gasteiger partial charge on any atom is -0.504 e. The first-order valence-corrected chi connectivity index (χ1v) is 15.5.